The third kappa shape index (κ3) is 3.21. The van der Waals surface area contributed by atoms with E-state index in [4.69, 9.17) is 4.42 Å². The van der Waals surface area contributed by atoms with Crippen molar-refractivity contribution in [1.82, 2.24) is 5.32 Å². The number of benzene rings is 1. The lowest BCUT2D eigenvalue weighted by Gasteiger charge is -2.19. The van der Waals surface area contributed by atoms with Gasteiger partial charge in [-0.15, -0.1) is 0 Å². The monoisotopic (exact) mass is 323 g/mol. The Labute approximate surface area is 123 Å². The summed E-state index contributed by atoms with van der Waals surface area (Å²) in [5.41, 5.74) is 0.947. The van der Waals surface area contributed by atoms with Gasteiger partial charge in [0, 0.05) is 5.39 Å². The van der Waals surface area contributed by atoms with E-state index in [2.05, 4.69) is 47.2 Å². The third-order valence-corrected chi connectivity index (χ3v) is 4.56. The van der Waals surface area contributed by atoms with Crippen LogP contribution in [0.15, 0.2) is 33.2 Å². The molecule has 104 valence electrons. The number of para-hydroxylation sites is 1. The summed E-state index contributed by atoms with van der Waals surface area (Å²) in [5.74, 6) is 1.78. The van der Waals surface area contributed by atoms with E-state index in [1.165, 1.54) is 12.8 Å². The maximum absolute atomic E-state index is 6.03. The Morgan fingerprint density at radius 2 is 2.00 bits per heavy atom. The van der Waals surface area contributed by atoms with Crippen molar-refractivity contribution in [2.45, 2.75) is 39.2 Å². The van der Waals surface area contributed by atoms with Crippen LogP contribution >= 0.6 is 15.9 Å². The van der Waals surface area contributed by atoms with Gasteiger partial charge in [-0.05, 0) is 47.4 Å². The minimum atomic E-state index is 0.296. The molecule has 0 bridgehead atoms. The second-order valence-electron chi connectivity index (χ2n) is 5.07. The van der Waals surface area contributed by atoms with Crippen LogP contribution in [-0.4, -0.2) is 7.05 Å². The molecule has 0 saturated carbocycles. The molecule has 1 aromatic carbocycles. The molecule has 3 heteroatoms. The standard InChI is InChI=1S/C16H22BrNO/c1-4-11(5-2)9-14(18-3)15-10-12-7-6-8-13(17)16(12)19-15/h6-8,10-11,14,18H,4-5,9H2,1-3H3. The number of fused-ring (bicyclic) bond motifs is 1. The summed E-state index contributed by atoms with van der Waals surface area (Å²) in [4.78, 5) is 0. The Morgan fingerprint density at radius 1 is 1.26 bits per heavy atom. The Kier molecular flexibility index (Phi) is 5.06. The minimum Gasteiger partial charge on any atom is -0.458 e. The molecule has 0 aliphatic carbocycles. The Bertz CT molecular complexity index is 531. The fraction of sp³-hybridized carbons (Fsp3) is 0.500. The van der Waals surface area contributed by atoms with Gasteiger partial charge in [0.05, 0.1) is 10.5 Å². The summed E-state index contributed by atoms with van der Waals surface area (Å²) >= 11 is 3.55. The number of furan rings is 1. The molecular weight excluding hydrogens is 302 g/mol. The predicted octanol–water partition coefficient (Wildman–Crippen LogP) is 5.28. The average molecular weight is 324 g/mol. The predicted molar refractivity (Wildman–Crippen MR) is 84.4 cm³/mol. The van der Waals surface area contributed by atoms with Gasteiger partial charge < -0.3 is 9.73 Å². The van der Waals surface area contributed by atoms with E-state index in [-0.39, 0.29) is 0 Å². The second kappa shape index (κ2) is 6.58. The Balaban J connectivity index is 2.28. The zero-order chi connectivity index (χ0) is 13.8. The van der Waals surface area contributed by atoms with Crippen LogP contribution in [0.4, 0.5) is 0 Å². The zero-order valence-electron chi connectivity index (χ0n) is 11.9. The van der Waals surface area contributed by atoms with Crippen LogP contribution in [0, 0.1) is 5.92 Å². The van der Waals surface area contributed by atoms with E-state index in [1.54, 1.807) is 0 Å². The quantitative estimate of drug-likeness (QED) is 0.782. The summed E-state index contributed by atoms with van der Waals surface area (Å²) in [6.45, 7) is 4.52. The van der Waals surface area contributed by atoms with Crippen LogP contribution in [0.5, 0.6) is 0 Å². The fourth-order valence-corrected chi connectivity index (χ4v) is 3.01. The first-order valence-corrected chi connectivity index (χ1v) is 7.84. The van der Waals surface area contributed by atoms with Gasteiger partial charge in [0.1, 0.15) is 11.3 Å². The SMILES string of the molecule is CCC(CC)CC(NC)c1cc2cccc(Br)c2o1. The molecule has 1 heterocycles. The second-order valence-corrected chi connectivity index (χ2v) is 5.92. The van der Waals surface area contributed by atoms with Gasteiger partial charge in [0.25, 0.3) is 0 Å². The number of rotatable bonds is 6. The van der Waals surface area contributed by atoms with Crippen LogP contribution in [0.2, 0.25) is 0 Å². The molecule has 19 heavy (non-hydrogen) atoms. The molecule has 2 rings (SSSR count). The molecule has 0 spiro atoms. The normalized spacial score (nSPS) is 13.3. The summed E-state index contributed by atoms with van der Waals surface area (Å²) in [7, 11) is 2.01. The summed E-state index contributed by atoms with van der Waals surface area (Å²) in [6, 6.07) is 8.61. The third-order valence-electron chi connectivity index (χ3n) is 3.93. The molecule has 1 aromatic heterocycles. The topological polar surface area (TPSA) is 25.2 Å². The van der Waals surface area contributed by atoms with Gasteiger partial charge in [-0.3, -0.25) is 0 Å². The molecule has 1 N–H and O–H groups in total. The van der Waals surface area contributed by atoms with Crippen molar-refractivity contribution in [3.05, 3.63) is 34.5 Å². The minimum absolute atomic E-state index is 0.296. The highest BCUT2D eigenvalue weighted by atomic mass is 79.9. The molecule has 0 aliphatic rings. The van der Waals surface area contributed by atoms with Crippen molar-refractivity contribution in [3.63, 3.8) is 0 Å². The van der Waals surface area contributed by atoms with Crippen LogP contribution < -0.4 is 5.32 Å². The first-order valence-electron chi connectivity index (χ1n) is 7.04. The van der Waals surface area contributed by atoms with E-state index in [0.717, 1.165) is 33.5 Å². The van der Waals surface area contributed by atoms with Crippen molar-refractivity contribution in [1.29, 1.82) is 0 Å². The number of halogens is 1. The highest BCUT2D eigenvalue weighted by Gasteiger charge is 2.18. The molecule has 0 amide bonds. The van der Waals surface area contributed by atoms with Crippen molar-refractivity contribution in [2.24, 2.45) is 5.92 Å². The first-order chi connectivity index (χ1) is 9.19. The number of hydrogen-bond donors (Lipinski definition) is 1. The van der Waals surface area contributed by atoms with Crippen LogP contribution in [0.25, 0.3) is 11.0 Å². The lowest BCUT2D eigenvalue weighted by atomic mass is 9.94. The molecule has 1 unspecified atom stereocenters. The van der Waals surface area contributed by atoms with E-state index in [1.807, 2.05) is 19.2 Å². The van der Waals surface area contributed by atoms with E-state index >= 15 is 0 Å². The lowest BCUT2D eigenvalue weighted by molar-refractivity contribution is 0.348. The van der Waals surface area contributed by atoms with Gasteiger partial charge in [-0.1, -0.05) is 38.8 Å². The molecule has 0 fully saturated rings. The zero-order valence-corrected chi connectivity index (χ0v) is 13.5. The summed E-state index contributed by atoms with van der Waals surface area (Å²) in [5, 5.41) is 4.55. The highest BCUT2D eigenvalue weighted by Crippen LogP contribution is 2.32. The molecular formula is C16H22BrNO. The van der Waals surface area contributed by atoms with Gasteiger partial charge in [0.15, 0.2) is 0 Å². The van der Waals surface area contributed by atoms with Gasteiger partial charge in [0.2, 0.25) is 0 Å². The fourth-order valence-electron chi connectivity index (χ4n) is 2.55. The van der Waals surface area contributed by atoms with Gasteiger partial charge >= 0.3 is 0 Å². The van der Waals surface area contributed by atoms with E-state index in [0.29, 0.717) is 6.04 Å². The lowest BCUT2D eigenvalue weighted by Crippen LogP contribution is -2.19. The van der Waals surface area contributed by atoms with Crippen molar-refractivity contribution >= 4 is 26.9 Å². The maximum Gasteiger partial charge on any atom is 0.148 e. The Hall–Kier alpha value is -0.800. The smallest absolute Gasteiger partial charge is 0.148 e. The molecule has 1 atom stereocenters. The first kappa shape index (κ1) is 14.6. The van der Waals surface area contributed by atoms with Crippen LogP contribution in [-0.2, 0) is 0 Å². The van der Waals surface area contributed by atoms with Gasteiger partial charge in [-0.25, -0.2) is 0 Å². The Morgan fingerprint density at radius 3 is 2.58 bits per heavy atom. The summed E-state index contributed by atoms with van der Waals surface area (Å²) < 4.78 is 7.05. The summed E-state index contributed by atoms with van der Waals surface area (Å²) in [6.07, 6.45) is 3.57. The largest absolute Gasteiger partial charge is 0.458 e. The molecule has 0 aliphatic heterocycles. The average Bonchev–Trinajstić information content (AvgIpc) is 2.85. The van der Waals surface area contributed by atoms with Crippen LogP contribution in [0.1, 0.15) is 44.9 Å². The van der Waals surface area contributed by atoms with E-state index < -0.39 is 0 Å². The van der Waals surface area contributed by atoms with Gasteiger partial charge in [-0.2, -0.15) is 0 Å². The molecule has 2 nitrogen and oxygen atoms in total. The number of nitrogens with one attached hydrogen (secondary N) is 1. The molecule has 0 radical (unpaired) electrons. The maximum atomic E-state index is 6.03. The van der Waals surface area contributed by atoms with E-state index in [9.17, 15) is 0 Å². The number of hydrogen-bond acceptors (Lipinski definition) is 2. The molecule has 2 aromatic rings. The van der Waals surface area contributed by atoms with Crippen molar-refractivity contribution in [3.8, 4) is 0 Å². The van der Waals surface area contributed by atoms with Crippen LogP contribution in [0.3, 0.4) is 0 Å². The van der Waals surface area contributed by atoms with Crippen molar-refractivity contribution in [2.75, 3.05) is 7.05 Å². The molecule has 0 saturated heterocycles. The van der Waals surface area contributed by atoms with Crippen molar-refractivity contribution < 1.29 is 4.42 Å². The highest BCUT2D eigenvalue weighted by molar-refractivity contribution is 9.10.